The van der Waals surface area contributed by atoms with Crippen LogP contribution in [-0.4, -0.2) is 29.6 Å². The number of carbonyl (C=O) groups is 3. The molecule has 162 valence electrons. The maximum Gasteiger partial charge on any atom is 0.308 e. The lowest BCUT2D eigenvalue weighted by Crippen LogP contribution is -2.41. The van der Waals surface area contributed by atoms with Crippen LogP contribution < -0.4 is 9.64 Å². The fourth-order valence-electron chi connectivity index (χ4n) is 6.17. The highest BCUT2D eigenvalue weighted by molar-refractivity contribution is 6.23. The number of aryl methyl sites for hydroxylation is 1. The summed E-state index contributed by atoms with van der Waals surface area (Å²) >= 11 is 0. The monoisotopic (exact) mass is 430 g/mol. The number of hydrogen-bond donors (Lipinski definition) is 0. The van der Waals surface area contributed by atoms with Crippen molar-refractivity contribution < 1.29 is 24.0 Å². The van der Waals surface area contributed by atoms with E-state index in [2.05, 4.69) is 5.16 Å². The predicted octanol–water partition coefficient (Wildman–Crippen LogP) is 3.09. The molecule has 0 spiro atoms. The van der Waals surface area contributed by atoms with Gasteiger partial charge >= 0.3 is 5.97 Å². The van der Waals surface area contributed by atoms with Gasteiger partial charge in [-0.2, -0.15) is 0 Å². The molecule has 2 aliphatic heterocycles. The third-order valence-corrected chi connectivity index (χ3v) is 7.39. The Hall–Kier alpha value is -3.48. The standard InChI is InChI=1S/C25H22N2O5/c1-12-3-5-14(6-4-12)22-21-17-11-18(23(21)32-26-22)20-19(17)24(29)27(25(20)30)15-7-9-16(10-8-15)31-13(2)28/h3-10,17-21,23H,11H2,1-2H3/t17-,18-,19-,20-,21-,23+/m1/s1. The van der Waals surface area contributed by atoms with Crippen molar-refractivity contribution in [3.63, 3.8) is 0 Å². The van der Waals surface area contributed by atoms with Crippen molar-refractivity contribution in [2.24, 2.45) is 34.7 Å². The molecule has 2 heterocycles. The average Bonchev–Trinajstić information content (AvgIpc) is 3.50. The molecule has 2 aliphatic carbocycles. The van der Waals surface area contributed by atoms with E-state index in [0.29, 0.717) is 11.4 Å². The summed E-state index contributed by atoms with van der Waals surface area (Å²) in [4.78, 5) is 45.1. The summed E-state index contributed by atoms with van der Waals surface area (Å²) in [6.45, 7) is 3.36. The van der Waals surface area contributed by atoms with Gasteiger partial charge < -0.3 is 9.57 Å². The van der Waals surface area contributed by atoms with E-state index >= 15 is 0 Å². The zero-order valence-corrected chi connectivity index (χ0v) is 17.7. The molecule has 0 N–H and O–H groups in total. The minimum Gasteiger partial charge on any atom is -0.427 e. The number of esters is 1. The minimum absolute atomic E-state index is 0.0107. The Labute approximate surface area is 185 Å². The quantitative estimate of drug-likeness (QED) is 0.424. The van der Waals surface area contributed by atoms with Crippen LogP contribution in [0.3, 0.4) is 0 Å². The largest absolute Gasteiger partial charge is 0.427 e. The van der Waals surface area contributed by atoms with Crippen molar-refractivity contribution in [2.45, 2.75) is 26.4 Å². The van der Waals surface area contributed by atoms with Crippen molar-refractivity contribution in [3.8, 4) is 5.75 Å². The number of amides is 2. The fraction of sp³-hybridized carbons (Fsp3) is 0.360. The first-order valence-corrected chi connectivity index (χ1v) is 10.9. The summed E-state index contributed by atoms with van der Waals surface area (Å²) in [7, 11) is 0. The molecule has 7 nitrogen and oxygen atoms in total. The second-order valence-electron chi connectivity index (χ2n) is 9.15. The van der Waals surface area contributed by atoms with E-state index in [-0.39, 0.29) is 47.5 Å². The van der Waals surface area contributed by atoms with Crippen LogP contribution in [0.15, 0.2) is 53.7 Å². The molecular weight excluding hydrogens is 408 g/mol. The Kier molecular flexibility index (Phi) is 4.06. The van der Waals surface area contributed by atoms with Crippen LogP contribution in [0, 0.1) is 36.5 Å². The summed E-state index contributed by atoms with van der Waals surface area (Å²) < 4.78 is 5.06. The summed E-state index contributed by atoms with van der Waals surface area (Å²) in [5.74, 6) is -1.01. The summed E-state index contributed by atoms with van der Waals surface area (Å²) in [5, 5.41) is 4.39. The lowest BCUT2D eigenvalue weighted by molar-refractivity contribution is -0.132. The molecular formula is C25H22N2O5. The van der Waals surface area contributed by atoms with E-state index in [0.717, 1.165) is 17.7 Å². The van der Waals surface area contributed by atoms with Gasteiger partial charge in [0.2, 0.25) is 11.8 Å². The molecule has 2 aromatic carbocycles. The second-order valence-corrected chi connectivity index (χ2v) is 9.15. The van der Waals surface area contributed by atoms with Crippen LogP contribution in [0.2, 0.25) is 0 Å². The van der Waals surface area contributed by atoms with E-state index in [1.807, 2.05) is 31.2 Å². The molecule has 32 heavy (non-hydrogen) atoms. The minimum atomic E-state index is -0.422. The van der Waals surface area contributed by atoms with Gasteiger partial charge in [0.1, 0.15) is 11.9 Å². The molecule has 1 saturated heterocycles. The molecule has 0 aromatic heterocycles. The van der Waals surface area contributed by atoms with Gasteiger partial charge in [-0.15, -0.1) is 0 Å². The molecule has 0 radical (unpaired) electrons. The van der Waals surface area contributed by atoms with Gasteiger partial charge in [-0.1, -0.05) is 35.0 Å². The zero-order valence-electron chi connectivity index (χ0n) is 17.7. The molecule has 7 heteroatoms. The molecule has 2 amide bonds. The first-order chi connectivity index (χ1) is 15.4. The van der Waals surface area contributed by atoms with E-state index in [1.54, 1.807) is 24.3 Å². The van der Waals surface area contributed by atoms with Crippen molar-refractivity contribution >= 4 is 29.2 Å². The van der Waals surface area contributed by atoms with Gasteiger partial charge in [0.15, 0.2) is 0 Å². The number of ether oxygens (including phenoxy) is 1. The average molecular weight is 430 g/mol. The summed E-state index contributed by atoms with van der Waals surface area (Å²) in [6, 6.07) is 14.7. The molecule has 2 aromatic rings. The number of carbonyl (C=O) groups excluding carboxylic acids is 3. The fourth-order valence-corrected chi connectivity index (χ4v) is 6.17. The van der Waals surface area contributed by atoms with E-state index < -0.39 is 5.97 Å². The number of anilines is 1. The number of rotatable bonds is 3. The number of hydrogen-bond acceptors (Lipinski definition) is 6. The Morgan fingerprint density at radius 3 is 2.28 bits per heavy atom. The predicted molar refractivity (Wildman–Crippen MR) is 115 cm³/mol. The molecule has 3 fully saturated rings. The molecule has 2 saturated carbocycles. The summed E-state index contributed by atoms with van der Waals surface area (Å²) in [6.07, 6.45) is 0.660. The molecule has 6 rings (SSSR count). The normalized spacial score (nSPS) is 31.9. The maximum atomic E-state index is 13.5. The zero-order chi connectivity index (χ0) is 22.1. The molecule has 0 unspecified atom stereocenters. The van der Waals surface area contributed by atoms with Gasteiger partial charge in [0.05, 0.1) is 23.2 Å². The number of imide groups is 1. The SMILES string of the molecule is CC(=O)Oc1ccc(N2C(=O)[C@@H]3[C@H]4C[C@@H]([C@@H]5ON=C(c6ccc(C)cc6)[C@@H]45)[C@H]3C2=O)cc1. The van der Waals surface area contributed by atoms with Crippen molar-refractivity contribution in [2.75, 3.05) is 4.90 Å². The number of benzene rings is 2. The smallest absolute Gasteiger partial charge is 0.308 e. The third kappa shape index (κ3) is 2.60. The third-order valence-electron chi connectivity index (χ3n) is 7.39. The Balaban J connectivity index is 1.29. The van der Waals surface area contributed by atoms with Crippen molar-refractivity contribution in [1.29, 1.82) is 0 Å². The molecule has 4 aliphatic rings. The first kappa shape index (κ1) is 19.2. The topological polar surface area (TPSA) is 85.3 Å². The van der Waals surface area contributed by atoms with Crippen LogP contribution >= 0.6 is 0 Å². The van der Waals surface area contributed by atoms with Gasteiger partial charge in [-0.25, -0.2) is 0 Å². The Morgan fingerprint density at radius 1 is 0.969 bits per heavy atom. The Morgan fingerprint density at radius 2 is 1.62 bits per heavy atom. The van der Waals surface area contributed by atoms with Crippen LogP contribution in [0.25, 0.3) is 0 Å². The Bertz CT molecular complexity index is 1170. The number of fused-ring (bicyclic) bond motifs is 8. The van der Waals surface area contributed by atoms with Gasteiger partial charge in [0, 0.05) is 18.8 Å². The van der Waals surface area contributed by atoms with E-state index in [4.69, 9.17) is 9.57 Å². The molecule has 2 bridgehead atoms. The van der Waals surface area contributed by atoms with E-state index in [1.165, 1.54) is 17.4 Å². The summed E-state index contributed by atoms with van der Waals surface area (Å²) in [5.41, 5.74) is 3.58. The van der Waals surface area contributed by atoms with Gasteiger partial charge in [-0.3, -0.25) is 19.3 Å². The van der Waals surface area contributed by atoms with Gasteiger partial charge in [-0.05, 0) is 49.1 Å². The highest BCUT2D eigenvalue weighted by Crippen LogP contribution is 2.62. The second kappa shape index (κ2) is 6.76. The number of oxime groups is 1. The van der Waals surface area contributed by atoms with Crippen LogP contribution in [0.4, 0.5) is 5.69 Å². The van der Waals surface area contributed by atoms with Crippen LogP contribution in [-0.2, 0) is 19.2 Å². The van der Waals surface area contributed by atoms with Crippen LogP contribution in [0.5, 0.6) is 5.75 Å². The highest BCUT2D eigenvalue weighted by Gasteiger charge is 2.70. The van der Waals surface area contributed by atoms with Gasteiger partial charge in [0.25, 0.3) is 0 Å². The first-order valence-electron chi connectivity index (χ1n) is 10.9. The van der Waals surface area contributed by atoms with E-state index in [9.17, 15) is 14.4 Å². The lowest BCUT2D eigenvalue weighted by Gasteiger charge is -2.29. The molecule has 6 atom stereocenters. The highest BCUT2D eigenvalue weighted by atomic mass is 16.6. The van der Waals surface area contributed by atoms with Crippen molar-refractivity contribution in [3.05, 3.63) is 59.7 Å². The van der Waals surface area contributed by atoms with Crippen LogP contribution in [0.1, 0.15) is 24.5 Å². The lowest BCUT2D eigenvalue weighted by atomic mass is 9.71. The van der Waals surface area contributed by atoms with Crippen molar-refractivity contribution in [1.82, 2.24) is 0 Å². The maximum absolute atomic E-state index is 13.5. The number of nitrogens with zero attached hydrogens (tertiary/aromatic N) is 2.